The van der Waals surface area contributed by atoms with E-state index in [0.717, 1.165) is 36.8 Å². The average molecular weight is 615 g/mol. The van der Waals surface area contributed by atoms with Gasteiger partial charge in [-0.25, -0.2) is 24.1 Å². The van der Waals surface area contributed by atoms with Gasteiger partial charge in [0.1, 0.15) is 16.9 Å². The van der Waals surface area contributed by atoms with Gasteiger partial charge in [-0.05, 0) is 81.8 Å². The molecule has 6 rings (SSSR count). The summed E-state index contributed by atoms with van der Waals surface area (Å²) in [5, 5.41) is 3.34. The van der Waals surface area contributed by atoms with Gasteiger partial charge in [0.25, 0.3) is 5.91 Å². The molecule has 2 aliphatic rings. The Morgan fingerprint density at radius 2 is 1.58 bits per heavy atom. The molecule has 45 heavy (non-hydrogen) atoms. The summed E-state index contributed by atoms with van der Waals surface area (Å²) < 4.78 is 22.3. The Hall–Kier alpha value is -4.58. The molecule has 1 aliphatic carbocycles. The van der Waals surface area contributed by atoms with Crippen LogP contribution in [-0.2, 0) is 4.74 Å². The summed E-state index contributed by atoms with van der Waals surface area (Å²) in [6.07, 6.45) is 8.04. The van der Waals surface area contributed by atoms with Gasteiger partial charge in [0, 0.05) is 50.0 Å². The minimum absolute atomic E-state index is 0.0857. The second-order valence-corrected chi connectivity index (χ2v) is 12.8. The van der Waals surface area contributed by atoms with Crippen molar-refractivity contribution in [2.45, 2.75) is 64.1 Å². The zero-order chi connectivity index (χ0) is 31.7. The molecule has 0 spiro atoms. The summed E-state index contributed by atoms with van der Waals surface area (Å²) in [6, 6.07) is 11.6. The molecule has 0 bridgehead atoms. The van der Waals surface area contributed by atoms with Crippen LogP contribution in [0.25, 0.3) is 28.2 Å². The fourth-order valence-corrected chi connectivity index (χ4v) is 5.80. The van der Waals surface area contributed by atoms with Gasteiger partial charge in [-0.2, -0.15) is 0 Å². The smallest absolute Gasteiger partial charge is 0.410 e. The lowest BCUT2D eigenvalue weighted by Gasteiger charge is -2.35. The number of halogens is 1. The van der Waals surface area contributed by atoms with Crippen molar-refractivity contribution in [2.24, 2.45) is 5.73 Å². The number of aromatic nitrogens is 4. The topological polar surface area (TPSA) is 131 Å². The van der Waals surface area contributed by atoms with Gasteiger partial charge in [0.2, 0.25) is 5.95 Å². The first kappa shape index (κ1) is 30.4. The van der Waals surface area contributed by atoms with Crippen molar-refractivity contribution >= 4 is 23.6 Å². The number of imidazole rings is 1. The van der Waals surface area contributed by atoms with Crippen molar-refractivity contribution in [3.63, 3.8) is 0 Å². The molecule has 2 amide bonds. The molecule has 1 aromatic carbocycles. The molecule has 4 aromatic rings. The maximum absolute atomic E-state index is 15.0. The van der Waals surface area contributed by atoms with Gasteiger partial charge in [0.05, 0.1) is 18.1 Å². The number of hydrogen-bond acceptors (Lipinski definition) is 8. The highest BCUT2D eigenvalue weighted by atomic mass is 19.1. The molecule has 236 valence electrons. The molecule has 4 heterocycles. The van der Waals surface area contributed by atoms with Crippen LogP contribution < -0.4 is 11.1 Å². The van der Waals surface area contributed by atoms with Crippen molar-refractivity contribution in [1.29, 1.82) is 0 Å². The molecule has 3 aromatic heterocycles. The molecular weight excluding hydrogens is 575 g/mol. The lowest BCUT2D eigenvalue weighted by molar-refractivity contribution is 0.0141. The lowest BCUT2D eigenvalue weighted by atomic mass is 9.92. The Morgan fingerprint density at radius 1 is 0.911 bits per heavy atom. The van der Waals surface area contributed by atoms with Crippen LogP contribution in [0.4, 0.5) is 15.1 Å². The van der Waals surface area contributed by atoms with Crippen LogP contribution >= 0.6 is 0 Å². The molecule has 1 saturated heterocycles. The number of carbonyl (C=O) groups excluding carboxylic acids is 2. The monoisotopic (exact) mass is 614 g/mol. The Balaban J connectivity index is 1.16. The van der Waals surface area contributed by atoms with E-state index in [4.69, 9.17) is 10.5 Å². The summed E-state index contributed by atoms with van der Waals surface area (Å²) >= 11 is 0. The maximum Gasteiger partial charge on any atom is 0.410 e. The van der Waals surface area contributed by atoms with Gasteiger partial charge in [-0.15, -0.1) is 0 Å². The summed E-state index contributed by atoms with van der Waals surface area (Å²) in [5.41, 5.74) is 9.13. The highest BCUT2D eigenvalue weighted by Crippen LogP contribution is 2.28. The minimum atomic E-state index is -0.563. The first-order valence-electron chi connectivity index (χ1n) is 15.4. The third-order valence-electron chi connectivity index (χ3n) is 8.28. The van der Waals surface area contributed by atoms with E-state index in [0.29, 0.717) is 49.0 Å². The predicted molar refractivity (Wildman–Crippen MR) is 169 cm³/mol. The quantitative estimate of drug-likeness (QED) is 0.322. The average Bonchev–Trinajstić information content (AvgIpc) is 3.45. The number of carbonyl (C=O) groups is 2. The number of nitrogens with two attached hydrogens (primary N) is 1. The molecule has 2 fully saturated rings. The molecular formula is C33H39FN8O3. The predicted octanol–water partition coefficient (Wildman–Crippen LogP) is 4.97. The minimum Gasteiger partial charge on any atom is -0.444 e. The number of hydrogen-bond donors (Lipinski definition) is 2. The number of pyridine rings is 1. The maximum atomic E-state index is 15.0. The zero-order valence-electron chi connectivity index (χ0n) is 25.9. The van der Waals surface area contributed by atoms with E-state index in [1.165, 1.54) is 6.20 Å². The summed E-state index contributed by atoms with van der Waals surface area (Å²) in [4.78, 5) is 42.1. The molecule has 0 unspecified atom stereocenters. The largest absolute Gasteiger partial charge is 0.444 e. The Kier molecular flexibility index (Phi) is 8.41. The van der Waals surface area contributed by atoms with E-state index in [1.54, 1.807) is 28.1 Å². The third kappa shape index (κ3) is 6.90. The molecule has 11 nitrogen and oxygen atoms in total. The first-order valence-corrected chi connectivity index (χ1v) is 15.4. The number of rotatable bonds is 5. The molecule has 0 radical (unpaired) electrons. The van der Waals surface area contributed by atoms with Gasteiger partial charge in [-0.1, -0.05) is 12.1 Å². The molecule has 3 N–H and O–H groups in total. The van der Waals surface area contributed by atoms with Crippen molar-refractivity contribution in [3.8, 4) is 22.5 Å². The van der Waals surface area contributed by atoms with E-state index in [9.17, 15) is 9.59 Å². The second-order valence-electron chi connectivity index (χ2n) is 12.8. The van der Waals surface area contributed by atoms with Gasteiger partial charge < -0.3 is 25.6 Å². The van der Waals surface area contributed by atoms with Crippen molar-refractivity contribution < 1.29 is 18.7 Å². The number of nitrogens with zero attached hydrogens (tertiary/aromatic N) is 6. The van der Waals surface area contributed by atoms with Crippen molar-refractivity contribution in [1.82, 2.24) is 29.2 Å². The third-order valence-corrected chi connectivity index (χ3v) is 8.28. The van der Waals surface area contributed by atoms with E-state index in [-0.39, 0.29) is 29.8 Å². The summed E-state index contributed by atoms with van der Waals surface area (Å²) in [7, 11) is 0. The van der Waals surface area contributed by atoms with E-state index < -0.39 is 11.4 Å². The van der Waals surface area contributed by atoms with Crippen molar-refractivity contribution in [3.05, 3.63) is 66.4 Å². The second kappa shape index (κ2) is 12.4. The van der Waals surface area contributed by atoms with Crippen LogP contribution in [0.3, 0.4) is 0 Å². The highest BCUT2D eigenvalue weighted by molar-refractivity contribution is 5.95. The number of ether oxygens (including phenoxy) is 1. The van der Waals surface area contributed by atoms with Crippen LogP contribution in [0, 0.1) is 5.82 Å². The number of piperazine rings is 1. The van der Waals surface area contributed by atoms with Gasteiger partial charge in [-0.3, -0.25) is 9.20 Å². The highest BCUT2D eigenvalue weighted by Gasteiger charge is 2.28. The number of fused-ring (bicyclic) bond motifs is 1. The van der Waals surface area contributed by atoms with Crippen LogP contribution in [0.2, 0.25) is 0 Å². The lowest BCUT2D eigenvalue weighted by Crippen LogP contribution is -2.51. The van der Waals surface area contributed by atoms with Gasteiger partial charge >= 0.3 is 6.09 Å². The van der Waals surface area contributed by atoms with E-state index in [2.05, 4.69) is 20.3 Å². The fraction of sp³-hybridized carbons (Fsp3) is 0.424. The number of benzene rings is 1. The molecule has 1 aliphatic heterocycles. The summed E-state index contributed by atoms with van der Waals surface area (Å²) in [6.45, 7) is 7.22. The van der Waals surface area contributed by atoms with Crippen LogP contribution in [0.5, 0.6) is 0 Å². The van der Waals surface area contributed by atoms with E-state index >= 15 is 4.39 Å². The molecule has 1 saturated carbocycles. The molecule has 12 heteroatoms. The fourth-order valence-electron chi connectivity index (χ4n) is 5.80. The van der Waals surface area contributed by atoms with Crippen LogP contribution in [-0.4, -0.2) is 85.0 Å². The Labute approximate surface area is 261 Å². The van der Waals surface area contributed by atoms with E-state index in [1.807, 2.05) is 55.6 Å². The Morgan fingerprint density at radius 3 is 2.27 bits per heavy atom. The normalized spacial score (nSPS) is 19.0. The zero-order valence-corrected chi connectivity index (χ0v) is 25.9. The van der Waals surface area contributed by atoms with Gasteiger partial charge in [0.15, 0.2) is 5.82 Å². The summed E-state index contributed by atoms with van der Waals surface area (Å²) in [5.74, 6) is -0.241. The Bertz CT molecular complexity index is 1680. The molecule has 0 atom stereocenters. The van der Waals surface area contributed by atoms with Crippen LogP contribution in [0.1, 0.15) is 56.8 Å². The van der Waals surface area contributed by atoms with Crippen molar-refractivity contribution in [2.75, 3.05) is 31.5 Å². The standard InChI is InChI=1S/C33H39FN8O3/c1-33(2,3)45-32(44)41-16-14-40(15-17-41)30(43)22-6-4-21(5-7-22)23-8-13-28-36-19-27(42(28)20-23)29-26(34)18-37-31(39-29)38-25-11-9-24(35)10-12-25/h4-8,13,18-20,24-25H,9-12,14-17,35H2,1-3H3,(H,37,38,39). The van der Waals surface area contributed by atoms with Crippen LogP contribution in [0.15, 0.2) is 55.0 Å². The number of nitrogens with one attached hydrogen (secondary N) is 1. The number of anilines is 1. The SMILES string of the molecule is CC(C)(C)OC(=O)N1CCN(C(=O)c2ccc(-c3ccc4ncc(-c5nc(NC6CCC(N)CC6)ncc5F)n4c3)cc2)CC1. The number of amides is 2. The first-order chi connectivity index (χ1) is 21.5.